The van der Waals surface area contributed by atoms with Crippen molar-refractivity contribution in [3.8, 4) is 0 Å². The number of hydrogen-bond acceptors (Lipinski definition) is 4. The molecule has 0 saturated carbocycles. The first-order valence-corrected chi connectivity index (χ1v) is 6.12. The summed E-state index contributed by atoms with van der Waals surface area (Å²) in [5.74, 6) is 0. The zero-order chi connectivity index (χ0) is 13.1. The van der Waals surface area contributed by atoms with E-state index in [0.717, 1.165) is 19.5 Å². The summed E-state index contributed by atoms with van der Waals surface area (Å²) < 4.78 is 5.25. The minimum atomic E-state index is -0.449. The van der Waals surface area contributed by atoms with Crippen LogP contribution in [0.4, 0.5) is 4.79 Å². The molecule has 1 aliphatic rings. The molecule has 1 saturated heterocycles. The van der Waals surface area contributed by atoms with Gasteiger partial charge in [0.25, 0.3) is 0 Å². The molecule has 0 aromatic heterocycles. The second-order valence-corrected chi connectivity index (χ2v) is 5.65. The van der Waals surface area contributed by atoms with E-state index < -0.39 is 5.60 Å². The number of nitrogens with zero attached hydrogens (tertiary/aromatic N) is 2. The van der Waals surface area contributed by atoms with Gasteiger partial charge in [0, 0.05) is 33.2 Å². The molecule has 0 radical (unpaired) electrons. The van der Waals surface area contributed by atoms with Gasteiger partial charge < -0.3 is 14.7 Å². The summed E-state index contributed by atoms with van der Waals surface area (Å²) in [5.41, 5.74) is -0.449. The lowest BCUT2D eigenvalue weighted by atomic mass is 10.2. The Morgan fingerprint density at radius 3 is 2.65 bits per heavy atom. The van der Waals surface area contributed by atoms with Crippen LogP contribution in [0.1, 0.15) is 27.2 Å². The number of hydrogen-bond donors (Lipinski definition) is 1. The van der Waals surface area contributed by atoms with Crippen molar-refractivity contribution in [3.63, 3.8) is 0 Å². The first-order valence-electron chi connectivity index (χ1n) is 6.12. The van der Waals surface area contributed by atoms with Crippen molar-refractivity contribution in [1.29, 1.82) is 0 Å². The van der Waals surface area contributed by atoms with E-state index >= 15 is 0 Å². The van der Waals surface area contributed by atoms with Gasteiger partial charge in [-0.25, -0.2) is 4.79 Å². The van der Waals surface area contributed by atoms with Crippen LogP contribution in [-0.4, -0.2) is 65.9 Å². The second kappa shape index (κ2) is 5.69. The number of likely N-dealkylation sites (N-methyl/N-ethyl adjacent to an activating group) is 1. The van der Waals surface area contributed by atoms with Gasteiger partial charge in [-0.15, -0.1) is 0 Å². The molecule has 5 heteroatoms. The maximum atomic E-state index is 11.7. The average Bonchev–Trinajstić information content (AvgIpc) is 2.58. The van der Waals surface area contributed by atoms with E-state index in [1.54, 1.807) is 11.9 Å². The Morgan fingerprint density at radius 2 is 2.18 bits per heavy atom. The molecule has 0 spiro atoms. The van der Waals surface area contributed by atoms with Crippen molar-refractivity contribution in [1.82, 2.24) is 9.80 Å². The number of aliphatic hydroxyl groups is 1. The number of likely N-dealkylation sites (tertiary alicyclic amines) is 1. The largest absolute Gasteiger partial charge is 0.444 e. The van der Waals surface area contributed by atoms with Crippen molar-refractivity contribution < 1.29 is 14.6 Å². The first-order chi connectivity index (χ1) is 7.78. The van der Waals surface area contributed by atoms with Gasteiger partial charge in [-0.05, 0) is 27.2 Å². The summed E-state index contributed by atoms with van der Waals surface area (Å²) in [4.78, 5) is 15.4. The SMILES string of the molecule is CN(CCN1CCC(O)C1)C(=O)OC(C)(C)C. The summed E-state index contributed by atoms with van der Waals surface area (Å²) >= 11 is 0. The highest BCUT2D eigenvalue weighted by Crippen LogP contribution is 2.10. The number of ether oxygens (including phenoxy) is 1. The highest BCUT2D eigenvalue weighted by atomic mass is 16.6. The summed E-state index contributed by atoms with van der Waals surface area (Å²) in [6.07, 6.45) is 0.329. The van der Waals surface area contributed by atoms with Crippen molar-refractivity contribution >= 4 is 6.09 Å². The summed E-state index contributed by atoms with van der Waals surface area (Å²) in [7, 11) is 1.74. The molecule has 0 aliphatic carbocycles. The highest BCUT2D eigenvalue weighted by Gasteiger charge is 2.22. The van der Waals surface area contributed by atoms with Crippen LogP contribution < -0.4 is 0 Å². The quantitative estimate of drug-likeness (QED) is 0.802. The van der Waals surface area contributed by atoms with Crippen LogP contribution in [0, 0.1) is 0 Å². The molecule has 0 bridgehead atoms. The molecule has 17 heavy (non-hydrogen) atoms. The smallest absolute Gasteiger partial charge is 0.410 e. The maximum absolute atomic E-state index is 11.7. The monoisotopic (exact) mass is 244 g/mol. The lowest BCUT2D eigenvalue weighted by molar-refractivity contribution is 0.0285. The fourth-order valence-corrected chi connectivity index (χ4v) is 1.74. The number of carbonyl (C=O) groups is 1. The van der Waals surface area contributed by atoms with Crippen LogP contribution in [-0.2, 0) is 4.74 Å². The Balaban J connectivity index is 2.24. The topological polar surface area (TPSA) is 53.0 Å². The Labute approximate surface area is 103 Å². The second-order valence-electron chi connectivity index (χ2n) is 5.65. The van der Waals surface area contributed by atoms with E-state index in [2.05, 4.69) is 4.90 Å². The third-order valence-electron chi connectivity index (χ3n) is 2.70. The Morgan fingerprint density at radius 1 is 1.53 bits per heavy atom. The third kappa shape index (κ3) is 5.37. The Hall–Kier alpha value is -0.810. The van der Waals surface area contributed by atoms with Crippen LogP contribution in [0.3, 0.4) is 0 Å². The van der Waals surface area contributed by atoms with Crippen LogP contribution in [0.2, 0.25) is 0 Å². The number of carbonyl (C=O) groups excluding carboxylic acids is 1. The molecule has 0 aromatic carbocycles. The molecule has 1 aliphatic heterocycles. The molecule has 0 aromatic rings. The summed E-state index contributed by atoms with van der Waals surface area (Å²) in [6.45, 7) is 8.60. The maximum Gasteiger partial charge on any atom is 0.410 e. The summed E-state index contributed by atoms with van der Waals surface area (Å²) in [6, 6.07) is 0. The fourth-order valence-electron chi connectivity index (χ4n) is 1.74. The molecule has 1 atom stereocenters. The average molecular weight is 244 g/mol. The number of aliphatic hydroxyl groups excluding tert-OH is 1. The van der Waals surface area contributed by atoms with Crippen LogP contribution >= 0.6 is 0 Å². The van der Waals surface area contributed by atoms with Crippen molar-refractivity contribution in [3.05, 3.63) is 0 Å². The fraction of sp³-hybridized carbons (Fsp3) is 0.917. The van der Waals surface area contributed by atoms with E-state index in [9.17, 15) is 9.90 Å². The van der Waals surface area contributed by atoms with Gasteiger partial charge in [-0.3, -0.25) is 4.90 Å². The predicted octanol–water partition coefficient (Wildman–Crippen LogP) is 0.920. The molecule has 1 amide bonds. The van der Waals surface area contributed by atoms with Crippen molar-refractivity contribution in [2.75, 3.05) is 33.2 Å². The van der Waals surface area contributed by atoms with Gasteiger partial charge >= 0.3 is 6.09 Å². The van der Waals surface area contributed by atoms with E-state index in [1.807, 2.05) is 20.8 Å². The van der Waals surface area contributed by atoms with E-state index in [1.165, 1.54) is 0 Å². The molecular weight excluding hydrogens is 220 g/mol. The van der Waals surface area contributed by atoms with Crippen molar-refractivity contribution in [2.24, 2.45) is 0 Å². The zero-order valence-electron chi connectivity index (χ0n) is 11.3. The number of β-amino-alcohol motifs (C(OH)–C–C–N with tert-alkyl or cyclic N) is 1. The summed E-state index contributed by atoms with van der Waals surface area (Å²) in [5, 5.41) is 9.38. The normalized spacial score (nSPS) is 21.6. The molecular formula is C12H24N2O3. The van der Waals surface area contributed by atoms with Crippen LogP contribution in [0.15, 0.2) is 0 Å². The number of amides is 1. The predicted molar refractivity (Wildman–Crippen MR) is 65.9 cm³/mol. The third-order valence-corrected chi connectivity index (χ3v) is 2.70. The molecule has 1 N–H and O–H groups in total. The van der Waals surface area contributed by atoms with Gasteiger partial charge in [0.2, 0.25) is 0 Å². The molecule has 1 unspecified atom stereocenters. The molecule has 5 nitrogen and oxygen atoms in total. The molecule has 100 valence electrons. The van der Waals surface area contributed by atoms with Gasteiger partial charge in [-0.1, -0.05) is 0 Å². The zero-order valence-corrected chi connectivity index (χ0v) is 11.3. The molecule has 1 fully saturated rings. The molecule has 1 heterocycles. The Kier molecular flexibility index (Phi) is 4.77. The van der Waals surface area contributed by atoms with Gasteiger partial charge in [-0.2, -0.15) is 0 Å². The van der Waals surface area contributed by atoms with E-state index in [-0.39, 0.29) is 12.2 Å². The van der Waals surface area contributed by atoms with Crippen LogP contribution in [0.25, 0.3) is 0 Å². The number of rotatable bonds is 3. The first kappa shape index (κ1) is 14.3. The van der Waals surface area contributed by atoms with E-state index in [0.29, 0.717) is 13.1 Å². The molecule has 1 rings (SSSR count). The lowest BCUT2D eigenvalue weighted by Gasteiger charge is -2.26. The Bertz CT molecular complexity index is 263. The lowest BCUT2D eigenvalue weighted by Crippen LogP contribution is -2.39. The van der Waals surface area contributed by atoms with Gasteiger partial charge in [0.15, 0.2) is 0 Å². The van der Waals surface area contributed by atoms with Gasteiger partial charge in [0.1, 0.15) is 5.60 Å². The minimum Gasteiger partial charge on any atom is -0.444 e. The van der Waals surface area contributed by atoms with E-state index in [4.69, 9.17) is 4.74 Å². The van der Waals surface area contributed by atoms with Crippen molar-refractivity contribution in [2.45, 2.75) is 38.9 Å². The standard InChI is InChI=1S/C12H24N2O3/c1-12(2,3)17-11(16)13(4)7-8-14-6-5-10(15)9-14/h10,15H,5-9H2,1-4H3. The van der Waals surface area contributed by atoms with Gasteiger partial charge in [0.05, 0.1) is 6.10 Å². The minimum absolute atomic E-state index is 0.207. The highest BCUT2D eigenvalue weighted by molar-refractivity contribution is 5.67. The van der Waals surface area contributed by atoms with Crippen LogP contribution in [0.5, 0.6) is 0 Å².